The first-order valence-corrected chi connectivity index (χ1v) is 10.9. The fourth-order valence-electron chi connectivity index (χ4n) is 1.32. The average Bonchev–Trinajstić information content (AvgIpc) is 2.47. The zero-order chi connectivity index (χ0) is 16.9. The summed E-state index contributed by atoms with van der Waals surface area (Å²) in [5, 5.41) is 0. The first kappa shape index (κ1) is 21.9. The molecule has 0 unspecified atom stereocenters. The molecule has 0 atom stereocenters. The Hall–Kier alpha value is -0.140. The van der Waals surface area contributed by atoms with Crippen molar-refractivity contribution in [3.63, 3.8) is 0 Å². The summed E-state index contributed by atoms with van der Waals surface area (Å²) in [4.78, 5) is 0. The summed E-state index contributed by atoms with van der Waals surface area (Å²) in [6.07, 6.45) is 3.30. The first-order valence-electron chi connectivity index (χ1n) is 7.78. The highest BCUT2D eigenvalue weighted by Gasteiger charge is 2.26. The maximum Gasteiger partial charge on any atom is 0.406 e. The number of rotatable bonds is 12. The van der Waals surface area contributed by atoms with Crippen LogP contribution in [-0.2, 0) is 27.2 Å². The van der Waals surface area contributed by atoms with Gasteiger partial charge in [-0.05, 0) is 26.7 Å². The molecule has 0 rings (SSSR count). The molecule has 6 nitrogen and oxygen atoms in total. The Kier molecular flexibility index (Phi) is 12.2. The van der Waals surface area contributed by atoms with Gasteiger partial charge < -0.3 is 0 Å². The molecule has 0 aromatic heterocycles. The molecule has 8 heteroatoms. The second-order valence-electron chi connectivity index (χ2n) is 4.43. The van der Waals surface area contributed by atoms with Crippen molar-refractivity contribution in [1.82, 2.24) is 0 Å². The van der Waals surface area contributed by atoms with Gasteiger partial charge in [0.2, 0.25) is 0 Å². The van der Waals surface area contributed by atoms with Crippen LogP contribution in [0.5, 0.6) is 0 Å². The molecule has 0 amide bonds. The van der Waals surface area contributed by atoms with Crippen LogP contribution < -0.4 is 0 Å². The lowest BCUT2D eigenvalue weighted by Crippen LogP contribution is -1.98. The SMILES string of the molecule is CCCCOP(=O)(C#CP(=O)(OCC)OCC)OCCCC. The minimum absolute atomic E-state index is 0.184. The van der Waals surface area contributed by atoms with E-state index in [9.17, 15) is 9.13 Å². The van der Waals surface area contributed by atoms with Crippen molar-refractivity contribution in [2.75, 3.05) is 26.4 Å². The third kappa shape index (κ3) is 9.79. The van der Waals surface area contributed by atoms with Crippen molar-refractivity contribution in [3.05, 3.63) is 0 Å². The second kappa shape index (κ2) is 12.3. The van der Waals surface area contributed by atoms with Gasteiger partial charge in [-0.2, -0.15) is 0 Å². The monoisotopic (exact) mass is 354 g/mol. The van der Waals surface area contributed by atoms with Crippen molar-refractivity contribution in [2.45, 2.75) is 53.4 Å². The van der Waals surface area contributed by atoms with Gasteiger partial charge in [0.25, 0.3) is 0 Å². The summed E-state index contributed by atoms with van der Waals surface area (Å²) in [6, 6.07) is 0. The summed E-state index contributed by atoms with van der Waals surface area (Å²) in [7, 11) is -7.20. The van der Waals surface area contributed by atoms with E-state index in [2.05, 4.69) is 11.3 Å². The van der Waals surface area contributed by atoms with E-state index in [1.807, 2.05) is 13.8 Å². The summed E-state index contributed by atoms with van der Waals surface area (Å²) in [6.45, 7) is 8.29. The van der Waals surface area contributed by atoms with Crippen molar-refractivity contribution in [1.29, 1.82) is 0 Å². The number of hydrogen-bond donors (Lipinski definition) is 0. The molecule has 0 spiro atoms. The minimum Gasteiger partial charge on any atom is -0.300 e. The van der Waals surface area contributed by atoms with E-state index in [4.69, 9.17) is 18.1 Å². The molecule has 0 aliphatic heterocycles. The van der Waals surface area contributed by atoms with Gasteiger partial charge in [-0.3, -0.25) is 18.1 Å². The Balaban J connectivity index is 5.04. The molecule has 0 bridgehead atoms. The van der Waals surface area contributed by atoms with Crippen LogP contribution in [0.25, 0.3) is 0 Å². The molecular weight excluding hydrogens is 326 g/mol. The molecule has 0 N–H and O–H groups in total. The van der Waals surface area contributed by atoms with Crippen LogP contribution in [-0.4, -0.2) is 26.4 Å². The lowest BCUT2D eigenvalue weighted by Gasteiger charge is -2.14. The topological polar surface area (TPSA) is 71.1 Å². The number of unbranched alkanes of at least 4 members (excludes halogenated alkanes) is 2. The van der Waals surface area contributed by atoms with Crippen LogP contribution in [0.1, 0.15) is 53.4 Å². The van der Waals surface area contributed by atoms with Gasteiger partial charge in [0.15, 0.2) is 0 Å². The smallest absolute Gasteiger partial charge is 0.300 e. The van der Waals surface area contributed by atoms with E-state index in [1.165, 1.54) is 0 Å². The predicted octanol–water partition coefficient (Wildman–Crippen LogP) is 5.00. The molecule has 0 aromatic carbocycles. The van der Waals surface area contributed by atoms with Gasteiger partial charge in [-0.15, -0.1) is 0 Å². The van der Waals surface area contributed by atoms with Gasteiger partial charge in [0, 0.05) is 11.3 Å². The van der Waals surface area contributed by atoms with E-state index in [-0.39, 0.29) is 26.4 Å². The van der Waals surface area contributed by atoms with Gasteiger partial charge >= 0.3 is 15.2 Å². The van der Waals surface area contributed by atoms with E-state index >= 15 is 0 Å². The Morgan fingerprint density at radius 1 is 0.682 bits per heavy atom. The quantitative estimate of drug-likeness (QED) is 0.279. The zero-order valence-corrected chi connectivity index (χ0v) is 15.8. The molecule has 0 aliphatic carbocycles. The fourth-order valence-corrected chi connectivity index (χ4v) is 4.13. The van der Waals surface area contributed by atoms with Crippen LogP contribution in [0.4, 0.5) is 0 Å². The van der Waals surface area contributed by atoms with Crippen molar-refractivity contribution < 1.29 is 27.2 Å². The first-order chi connectivity index (χ1) is 10.4. The van der Waals surface area contributed by atoms with Crippen LogP contribution >= 0.6 is 15.2 Å². The molecule has 0 fully saturated rings. The summed E-state index contributed by atoms with van der Waals surface area (Å²) < 4.78 is 45.5. The lowest BCUT2D eigenvalue weighted by atomic mass is 10.4. The average molecular weight is 354 g/mol. The van der Waals surface area contributed by atoms with E-state index in [0.29, 0.717) is 0 Å². The number of hydrogen-bond acceptors (Lipinski definition) is 6. The Morgan fingerprint density at radius 3 is 1.36 bits per heavy atom. The normalized spacial score (nSPS) is 12.0. The Labute approximate surface area is 134 Å². The van der Waals surface area contributed by atoms with Crippen LogP contribution in [0, 0.1) is 11.3 Å². The van der Waals surface area contributed by atoms with Crippen molar-refractivity contribution in [3.8, 4) is 11.3 Å². The molecule has 0 heterocycles. The summed E-state index contributed by atoms with van der Waals surface area (Å²) in [5.41, 5.74) is 4.71. The van der Waals surface area contributed by atoms with Gasteiger partial charge in [-0.1, -0.05) is 26.7 Å². The third-order valence-electron chi connectivity index (χ3n) is 2.44. The highest BCUT2D eigenvalue weighted by molar-refractivity contribution is 7.63. The molecule has 0 saturated carbocycles. The molecule has 130 valence electrons. The predicted molar refractivity (Wildman–Crippen MR) is 88.0 cm³/mol. The standard InChI is InChI=1S/C14H28O6P2/c1-5-9-11-19-22(16,20-12-10-6-2)14-13-21(15,17-7-3)18-8-4/h5-12H2,1-4H3. The van der Waals surface area contributed by atoms with E-state index in [1.54, 1.807) is 13.8 Å². The van der Waals surface area contributed by atoms with E-state index in [0.717, 1.165) is 25.7 Å². The minimum atomic E-state index is -3.62. The van der Waals surface area contributed by atoms with Gasteiger partial charge in [0.05, 0.1) is 26.4 Å². The molecule has 0 aromatic rings. The molecule has 0 saturated heterocycles. The van der Waals surface area contributed by atoms with Gasteiger partial charge in [0.1, 0.15) is 0 Å². The lowest BCUT2D eigenvalue weighted by molar-refractivity contribution is 0.209. The molecule has 0 radical (unpaired) electrons. The summed E-state index contributed by atoms with van der Waals surface area (Å²) in [5.74, 6) is 0. The highest BCUT2D eigenvalue weighted by atomic mass is 31.2. The largest absolute Gasteiger partial charge is 0.406 e. The van der Waals surface area contributed by atoms with E-state index < -0.39 is 15.2 Å². The van der Waals surface area contributed by atoms with Crippen LogP contribution in [0.15, 0.2) is 0 Å². The maximum absolute atomic E-state index is 12.6. The van der Waals surface area contributed by atoms with Crippen LogP contribution in [0.3, 0.4) is 0 Å². The molecule has 22 heavy (non-hydrogen) atoms. The third-order valence-corrected chi connectivity index (χ3v) is 5.63. The maximum atomic E-state index is 12.6. The highest BCUT2D eigenvalue weighted by Crippen LogP contribution is 2.52. The molecule has 0 aliphatic rings. The summed E-state index contributed by atoms with van der Waals surface area (Å²) >= 11 is 0. The second-order valence-corrected chi connectivity index (χ2v) is 7.90. The fraction of sp³-hybridized carbons (Fsp3) is 0.857. The molecular formula is C14H28O6P2. The van der Waals surface area contributed by atoms with Crippen molar-refractivity contribution in [2.24, 2.45) is 0 Å². The van der Waals surface area contributed by atoms with Gasteiger partial charge in [-0.25, -0.2) is 9.13 Å². The Morgan fingerprint density at radius 2 is 1.05 bits per heavy atom. The van der Waals surface area contributed by atoms with Crippen LogP contribution in [0.2, 0.25) is 0 Å². The zero-order valence-electron chi connectivity index (χ0n) is 14.0. The Bertz CT molecular complexity index is 416. The van der Waals surface area contributed by atoms with Crippen molar-refractivity contribution >= 4 is 15.2 Å².